The summed E-state index contributed by atoms with van der Waals surface area (Å²) in [6, 6.07) is 6.20. The third kappa shape index (κ3) is 2.42. The number of amides is 1. The van der Waals surface area contributed by atoms with E-state index in [0.717, 1.165) is 5.52 Å². The summed E-state index contributed by atoms with van der Waals surface area (Å²) in [5.41, 5.74) is 1.46. The van der Waals surface area contributed by atoms with Gasteiger partial charge in [0.2, 0.25) is 5.91 Å². The number of aryl methyl sites for hydroxylation is 1. The van der Waals surface area contributed by atoms with E-state index in [0.29, 0.717) is 22.7 Å². The molecule has 128 valence electrons. The number of furan rings is 2. The zero-order valence-electron chi connectivity index (χ0n) is 13.7. The van der Waals surface area contributed by atoms with Crippen molar-refractivity contribution in [3.63, 3.8) is 0 Å². The quantitative estimate of drug-likeness (QED) is 0.613. The third-order valence-electron chi connectivity index (χ3n) is 4.19. The summed E-state index contributed by atoms with van der Waals surface area (Å²) in [4.78, 5) is 25.1. The van der Waals surface area contributed by atoms with Crippen molar-refractivity contribution in [1.82, 2.24) is 19.5 Å². The molecule has 0 radical (unpaired) electrons. The first kappa shape index (κ1) is 15.3. The molecule has 0 aromatic carbocycles. The molecule has 1 unspecified atom stereocenters. The van der Waals surface area contributed by atoms with Crippen LogP contribution in [0, 0.1) is 6.92 Å². The number of carbonyl (C=O) groups is 1. The van der Waals surface area contributed by atoms with Gasteiger partial charge in [-0.25, -0.2) is 4.68 Å². The first-order chi connectivity index (χ1) is 12.1. The molecule has 4 aromatic heterocycles. The Morgan fingerprint density at radius 3 is 2.88 bits per heavy atom. The monoisotopic (exact) mass is 340 g/mol. The lowest BCUT2D eigenvalue weighted by Gasteiger charge is -2.15. The van der Waals surface area contributed by atoms with Crippen LogP contribution in [0.2, 0.25) is 0 Å². The minimum Gasteiger partial charge on any atom is -0.467 e. The van der Waals surface area contributed by atoms with Gasteiger partial charge < -0.3 is 14.2 Å². The minimum atomic E-state index is -0.757. The van der Waals surface area contributed by atoms with Gasteiger partial charge in [-0.1, -0.05) is 0 Å². The van der Waals surface area contributed by atoms with Crippen molar-refractivity contribution in [3.05, 3.63) is 58.7 Å². The highest BCUT2D eigenvalue weighted by molar-refractivity contribution is 5.83. The Bertz CT molecular complexity index is 1120. The highest BCUT2D eigenvalue weighted by atomic mass is 16.3. The molecule has 25 heavy (non-hydrogen) atoms. The Morgan fingerprint density at radius 1 is 1.28 bits per heavy atom. The van der Waals surface area contributed by atoms with Gasteiger partial charge >= 0.3 is 0 Å². The lowest BCUT2D eigenvalue weighted by molar-refractivity contribution is -0.124. The van der Waals surface area contributed by atoms with Crippen LogP contribution in [0.25, 0.3) is 16.6 Å². The molecule has 0 spiro atoms. The van der Waals surface area contributed by atoms with E-state index in [-0.39, 0.29) is 18.0 Å². The van der Waals surface area contributed by atoms with Crippen LogP contribution in [-0.2, 0) is 11.3 Å². The van der Waals surface area contributed by atoms with Crippen molar-refractivity contribution in [2.75, 3.05) is 0 Å². The van der Waals surface area contributed by atoms with Gasteiger partial charge in [-0.05, 0) is 26.0 Å². The molecule has 0 aliphatic carbocycles. The van der Waals surface area contributed by atoms with E-state index in [1.54, 1.807) is 48.8 Å². The van der Waals surface area contributed by atoms with Gasteiger partial charge in [0.15, 0.2) is 5.58 Å². The lowest BCUT2D eigenvalue weighted by Crippen LogP contribution is -2.37. The van der Waals surface area contributed by atoms with Crippen molar-refractivity contribution in [1.29, 1.82) is 0 Å². The zero-order valence-corrected chi connectivity index (χ0v) is 13.7. The summed E-state index contributed by atoms with van der Waals surface area (Å²) >= 11 is 0. The van der Waals surface area contributed by atoms with Crippen LogP contribution >= 0.6 is 0 Å². The number of nitrogens with zero attached hydrogens (tertiary/aromatic N) is 3. The maximum Gasteiger partial charge on any atom is 0.291 e. The van der Waals surface area contributed by atoms with E-state index < -0.39 is 6.04 Å². The number of hydrogen-bond donors (Lipinski definition) is 1. The molecule has 0 bridgehead atoms. The van der Waals surface area contributed by atoms with Gasteiger partial charge in [0.05, 0.1) is 24.6 Å². The molecular formula is C17H16N4O4. The molecule has 8 heteroatoms. The number of fused-ring (bicyclic) bond motifs is 3. The van der Waals surface area contributed by atoms with Crippen molar-refractivity contribution in [2.24, 2.45) is 0 Å². The van der Waals surface area contributed by atoms with E-state index >= 15 is 0 Å². The summed E-state index contributed by atoms with van der Waals surface area (Å²) in [6.07, 6.45) is 3.10. The molecule has 4 rings (SSSR count). The van der Waals surface area contributed by atoms with Crippen molar-refractivity contribution < 1.29 is 13.6 Å². The fourth-order valence-electron chi connectivity index (χ4n) is 2.90. The minimum absolute atomic E-state index is 0.254. The van der Waals surface area contributed by atoms with E-state index in [9.17, 15) is 9.59 Å². The Morgan fingerprint density at radius 2 is 2.12 bits per heavy atom. The van der Waals surface area contributed by atoms with Crippen LogP contribution in [0.3, 0.4) is 0 Å². The molecule has 8 nitrogen and oxygen atoms in total. The molecule has 0 aliphatic heterocycles. The van der Waals surface area contributed by atoms with Gasteiger partial charge in [0, 0.05) is 12.1 Å². The Kier molecular flexibility index (Phi) is 3.45. The molecule has 1 atom stereocenters. The van der Waals surface area contributed by atoms with Crippen molar-refractivity contribution in [3.8, 4) is 0 Å². The average Bonchev–Trinajstić information content (AvgIpc) is 3.31. The van der Waals surface area contributed by atoms with Crippen LogP contribution in [0.15, 0.2) is 50.4 Å². The van der Waals surface area contributed by atoms with Crippen LogP contribution in [0.5, 0.6) is 0 Å². The SMILES string of the molecule is Cc1nn(C(C)C(=O)NCc2ccco2)c(=O)c2cc3occc3n12. The van der Waals surface area contributed by atoms with E-state index in [2.05, 4.69) is 10.4 Å². The number of nitrogens with one attached hydrogen (secondary N) is 1. The Balaban J connectivity index is 1.69. The standard InChI is InChI=1S/C17H16N4O4/c1-10(16(22)18-9-12-4-3-6-24-12)21-17(23)14-8-15-13(5-7-25-15)20(14)11(2)19-21/h3-8,10H,9H2,1-2H3,(H,18,22). The second-order valence-electron chi connectivity index (χ2n) is 5.81. The third-order valence-corrected chi connectivity index (χ3v) is 4.19. The van der Waals surface area contributed by atoms with E-state index in [4.69, 9.17) is 8.83 Å². The summed E-state index contributed by atoms with van der Waals surface area (Å²) < 4.78 is 13.5. The largest absolute Gasteiger partial charge is 0.467 e. The number of aromatic nitrogens is 3. The van der Waals surface area contributed by atoms with Crippen molar-refractivity contribution in [2.45, 2.75) is 26.4 Å². The summed E-state index contributed by atoms with van der Waals surface area (Å²) in [5.74, 6) is 0.918. The number of rotatable bonds is 4. The van der Waals surface area contributed by atoms with Crippen LogP contribution in [0.4, 0.5) is 0 Å². The molecule has 1 amide bonds. The maximum atomic E-state index is 12.8. The molecular weight excluding hydrogens is 324 g/mol. The highest BCUT2D eigenvalue weighted by Gasteiger charge is 2.21. The van der Waals surface area contributed by atoms with E-state index in [1.165, 1.54) is 10.9 Å². The summed E-state index contributed by atoms with van der Waals surface area (Å²) in [5, 5.41) is 7.05. The number of hydrogen-bond acceptors (Lipinski definition) is 5. The molecule has 4 heterocycles. The highest BCUT2D eigenvalue weighted by Crippen LogP contribution is 2.20. The molecule has 0 saturated carbocycles. The zero-order chi connectivity index (χ0) is 17.6. The Labute approximate surface area is 141 Å². The summed E-state index contributed by atoms with van der Waals surface area (Å²) in [7, 11) is 0. The molecule has 4 aromatic rings. The normalized spacial score (nSPS) is 12.7. The second-order valence-corrected chi connectivity index (χ2v) is 5.81. The van der Waals surface area contributed by atoms with Gasteiger partial charge in [-0.15, -0.1) is 0 Å². The van der Waals surface area contributed by atoms with Crippen LogP contribution in [0.1, 0.15) is 24.6 Å². The molecule has 1 N–H and O–H groups in total. The molecule has 0 aliphatic rings. The first-order valence-corrected chi connectivity index (χ1v) is 7.84. The summed E-state index contributed by atoms with van der Waals surface area (Å²) in [6.45, 7) is 3.67. The fraction of sp³-hybridized carbons (Fsp3) is 0.235. The van der Waals surface area contributed by atoms with E-state index in [1.807, 2.05) is 0 Å². The Hall–Kier alpha value is -3.29. The predicted molar refractivity (Wildman–Crippen MR) is 89.2 cm³/mol. The average molecular weight is 340 g/mol. The molecule has 0 saturated heterocycles. The second kappa shape index (κ2) is 5.66. The van der Waals surface area contributed by atoms with Gasteiger partial charge in [-0.2, -0.15) is 5.10 Å². The smallest absolute Gasteiger partial charge is 0.291 e. The molecule has 0 fully saturated rings. The maximum absolute atomic E-state index is 12.8. The predicted octanol–water partition coefficient (Wildman–Crippen LogP) is 2.02. The van der Waals surface area contributed by atoms with Gasteiger partial charge in [-0.3, -0.25) is 14.0 Å². The topological polar surface area (TPSA) is 94.7 Å². The van der Waals surface area contributed by atoms with Gasteiger partial charge in [0.1, 0.15) is 23.1 Å². The van der Waals surface area contributed by atoms with Crippen LogP contribution < -0.4 is 10.9 Å². The fourth-order valence-corrected chi connectivity index (χ4v) is 2.90. The lowest BCUT2D eigenvalue weighted by atomic mass is 10.3. The first-order valence-electron chi connectivity index (χ1n) is 7.84. The van der Waals surface area contributed by atoms with Crippen molar-refractivity contribution >= 4 is 22.5 Å². The van der Waals surface area contributed by atoms with Crippen LogP contribution in [-0.4, -0.2) is 20.1 Å². The number of carbonyl (C=O) groups excluding carboxylic acids is 1. The van der Waals surface area contributed by atoms with Gasteiger partial charge in [0.25, 0.3) is 5.56 Å².